The summed E-state index contributed by atoms with van der Waals surface area (Å²) in [4.78, 5) is 4.20. The summed E-state index contributed by atoms with van der Waals surface area (Å²) in [6.07, 6.45) is 1.52. The molecule has 0 amide bonds. The van der Waals surface area contributed by atoms with Crippen LogP contribution in [0.4, 0.5) is 0 Å². The number of aliphatic imine (C=N–C) groups is 1. The van der Waals surface area contributed by atoms with Gasteiger partial charge in [0.2, 0.25) is 5.96 Å². The monoisotopic (exact) mass is 211 g/mol. The largest absolute Gasteiger partial charge is 0.364 e. The SMILES string of the molecule is CC(C)CNC(=NCc1ccon1)NN. The minimum Gasteiger partial charge on any atom is -0.364 e. The van der Waals surface area contributed by atoms with Crippen LogP contribution in [0.25, 0.3) is 0 Å². The molecule has 6 heteroatoms. The third-order valence-corrected chi connectivity index (χ3v) is 1.70. The van der Waals surface area contributed by atoms with Crippen LogP contribution < -0.4 is 16.6 Å². The molecule has 1 aromatic rings. The second-order valence-electron chi connectivity index (χ2n) is 3.57. The maximum absolute atomic E-state index is 5.31. The van der Waals surface area contributed by atoms with Crippen LogP contribution in [0.2, 0.25) is 0 Å². The van der Waals surface area contributed by atoms with E-state index in [4.69, 9.17) is 5.84 Å². The van der Waals surface area contributed by atoms with Crippen LogP contribution in [0.1, 0.15) is 19.5 Å². The van der Waals surface area contributed by atoms with Gasteiger partial charge in [0.05, 0.1) is 6.54 Å². The van der Waals surface area contributed by atoms with Gasteiger partial charge in [0.15, 0.2) is 0 Å². The zero-order valence-corrected chi connectivity index (χ0v) is 9.03. The predicted octanol–water partition coefficient (Wildman–Crippen LogP) is 0.239. The van der Waals surface area contributed by atoms with Gasteiger partial charge >= 0.3 is 0 Å². The number of guanidine groups is 1. The number of hydrazine groups is 1. The molecule has 0 atom stereocenters. The van der Waals surface area contributed by atoms with Gasteiger partial charge in [-0.15, -0.1) is 0 Å². The summed E-state index contributed by atoms with van der Waals surface area (Å²) in [5, 5.41) is 6.83. The molecule has 0 saturated heterocycles. The minimum absolute atomic E-state index is 0.446. The van der Waals surface area contributed by atoms with E-state index in [0.717, 1.165) is 12.2 Å². The summed E-state index contributed by atoms with van der Waals surface area (Å²) >= 11 is 0. The average Bonchev–Trinajstić information content (AvgIpc) is 2.70. The molecular formula is C9H17N5O. The summed E-state index contributed by atoms with van der Waals surface area (Å²) in [6, 6.07) is 1.76. The Kier molecular flexibility index (Phi) is 4.62. The summed E-state index contributed by atoms with van der Waals surface area (Å²) in [5.41, 5.74) is 3.27. The van der Waals surface area contributed by atoms with Crippen molar-refractivity contribution in [2.24, 2.45) is 16.8 Å². The predicted molar refractivity (Wildman–Crippen MR) is 57.8 cm³/mol. The first-order valence-electron chi connectivity index (χ1n) is 4.86. The Labute approximate surface area is 88.9 Å². The second kappa shape index (κ2) is 6.02. The Morgan fingerprint density at radius 1 is 1.67 bits per heavy atom. The minimum atomic E-state index is 0.446. The molecule has 15 heavy (non-hydrogen) atoms. The van der Waals surface area contributed by atoms with Crippen molar-refractivity contribution in [3.8, 4) is 0 Å². The maximum Gasteiger partial charge on any atom is 0.206 e. The fourth-order valence-corrected chi connectivity index (χ4v) is 0.933. The van der Waals surface area contributed by atoms with Crippen LogP contribution in [0.5, 0.6) is 0 Å². The van der Waals surface area contributed by atoms with Crippen molar-refractivity contribution in [1.29, 1.82) is 0 Å². The van der Waals surface area contributed by atoms with Gasteiger partial charge in [-0.2, -0.15) is 0 Å². The van der Waals surface area contributed by atoms with E-state index in [9.17, 15) is 0 Å². The molecule has 1 rings (SSSR count). The molecule has 6 nitrogen and oxygen atoms in total. The lowest BCUT2D eigenvalue weighted by molar-refractivity contribution is 0.412. The van der Waals surface area contributed by atoms with E-state index in [-0.39, 0.29) is 0 Å². The van der Waals surface area contributed by atoms with E-state index in [1.54, 1.807) is 6.07 Å². The number of nitrogens with zero attached hydrogens (tertiary/aromatic N) is 2. The highest BCUT2D eigenvalue weighted by atomic mass is 16.5. The standard InChI is InChI=1S/C9H17N5O/c1-7(2)5-11-9(13-10)12-6-8-3-4-15-14-8/h3-4,7H,5-6,10H2,1-2H3,(H2,11,12,13). The maximum atomic E-state index is 5.31. The van der Waals surface area contributed by atoms with Crippen LogP contribution in [-0.2, 0) is 6.54 Å². The molecular weight excluding hydrogens is 194 g/mol. The highest BCUT2D eigenvalue weighted by Crippen LogP contribution is 1.96. The molecule has 1 aromatic heterocycles. The molecule has 1 heterocycles. The fourth-order valence-electron chi connectivity index (χ4n) is 0.933. The second-order valence-corrected chi connectivity index (χ2v) is 3.57. The van der Waals surface area contributed by atoms with E-state index in [0.29, 0.717) is 18.4 Å². The first-order valence-corrected chi connectivity index (χ1v) is 4.86. The molecule has 0 spiro atoms. The lowest BCUT2D eigenvalue weighted by atomic mass is 10.2. The Hall–Kier alpha value is -1.56. The van der Waals surface area contributed by atoms with Gasteiger partial charge in [0, 0.05) is 12.6 Å². The first-order chi connectivity index (χ1) is 7.22. The van der Waals surface area contributed by atoms with Crippen molar-refractivity contribution in [1.82, 2.24) is 15.9 Å². The molecule has 84 valence electrons. The molecule has 4 N–H and O–H groups in total. The lowest BCUT2D eigenvalue weighted by Crippen LogP contribution is -2.42. The number of nitrogens with two attached hydrogens (primary N) is 1. The zero-order valence-electron chi connectivity index (χ0n) is 9.03. The smallest absolute Gasteiger partial charge is 0.206 e. The summed E-state index contributed by atoms with van der Waals surface area (Å²) in [7, 11) is 0. The molecule has 0 aromatic carbocycles. The van der Waals surface area contributed by atoms with Crippen molar-refractivity contribution in [3.05, 3.63) is 18.0 Å². The van der Waals surface area contributed by atoms with Crippen molar-refractivity contribution >= 4 is 5.96 Å². The topological polar surface area (TPSA) is 88.5 Å². The van der Waals surface area contributed by atoms with Crippen molar-refractivity contribution in [2.75, 3.05) is 6.54 Å². The van der Waals surface area contributed by atoms with Crippen molar-refractivity contribution in [2.45, 2.75) is 20.4 Å². The first kappa shape index (κ1) is 11.5. The molecule has 0 aliphatic carbocycles. The van der Waals surface area contributed by atoms with Crippen LogP contribution >= 0.6 is 0 Å². The number of hydrogen-bond acceptors (Lipinski definition) is 4. The van der Waals surface area contributed by atoms with Crippen LogP contribution in [0, 0.1) is 5.92 Å². The zero-order chi connectivity index (χ0) is 11.1. The molecule has 0 saturated carbocycles. The van der Waals surface area contributed by atoms with Crippen molar-refractivity contribution in [3.63, 3.8) is 0 Å². The van der Waals surface area contributed by atoms with Gasteiger partial charge in [0.25, 0.3) is 0 Å². The third kappa shape index (κ3) is 4.46. The third-order valence-electron chi connectivity index (χ3n) is 1.70. The fraction of sp³-hybridized carbons (Fsp3) is 0.556. The molecule has 0 fully saturated rings. The number of aromatic nitrogens is 1. The molecule has 0 radical (unpaired) electrons. The van der Waals surface area contributed by atoms with E-state index in [1.807, 2.05) is 0 Å². The van der Waals surface area contributed by atoms with Crippen LogP contribution in [-0.4, -0.2) is 17.7 Å². The average molecular weight is 211 g/mol. The van der Waals surface area contributed by atoms with Gasteiger partial charge < -0.3 is 9.84 Å². The summed E-state index contributed by atoms with van der Waals surface area (Å²) in [6.45, 7) is 5.49. The van der Waals surface area contributed by atoms with Gasteiger partial charge in [-0.05, 0) is 5.92 Å². The van der Waals surface area contributed by atoms with E-state index in [2.05, 4.69) is 39.3 Å². The quantitative estimate of drug-likeness (QED) is 0.287. The Morgan fingerprint density at radius 3 is 3.00 bits per heavy atom. The van der Waals surface area contributed by atoms with E-state index < -0.39 is 0 Å². The van der Waals surface area contributed by atoms with Gasteiger partial charge in [-0.3, -0.25) is 5.43 Å². The summed E-state index contributed by atoms with van der Waals surface area (Å²) < 4.78 is 4.69. The highest BCUT2D eigenvalue weighted by Gasteiger charge is 1.99. The van der Waals surface area contributed by atoms with E-state index >= 15 is 0 Å². The molecule has 0 aliphatic rings. The Bertz CT molecular complexity index is 293. The number of rotatable bonds is 4. The number of hydrogen-bond donors (Lipinski definition) is 3. The molecule has 0 bridgehead atoms. The van der Waals surface area contributed by atoms with Crippen LogP contribution in [0.3, 0.4) is 0 Å². The number of nitrogens with one attached hydrogen (secondary N) is 2. The summed E-state index contributed by atoms with van der Waals surface area (Å²) in [5.74, 6) is 6.41. The Balaban J connectivity index is 2.40. The van der Waals surface area contributed by atoms with E-state index in [1.165, 1.54) is 6.26 Å². The Morgan fingerprint density at radius 2 is 2.47 bits per heavy atom. The van der Waals surface area contributed by atoms with Gasteiger partial charge in [-0.25, -0.2) is 10.8 Å². The van der Waals surface area contributed by atoms with Crippen LogP contribution in [0.15, 0.2) is 21.8 Å². The van der Waals surface area contributed by atoms with Gasteiger partial charge in [0.1, 0.15) is 12.0 Å². The molecule has 0 unspecified atom stereocenters. The molecule has 0 aliphatic heterocycles. The highest BCUT2D eigenvalue weighted by molar-refractivity contribution is 5.79. The lowest BCUT2D eigenvalue weighted by Gasteiger charge is -2.10. The van der Waals surface area contributed by atoms with Crippen molar-refractivity contribution < 1.29 is 4.52 Å². The normalized spacial score (nSPS) is 11.9. The van der Waals surface area contributed by atoms with Gasteiger partial charge in [-0.1, -0.05) is 19.0 Å².